The van der Waals surface area contributed by atoms with Gasteiger partial charge in [-0.2, -0.15) is 0 Å². The van der Waals surface area contributed by atoms with Gasteiger partial charge in [-0.25, -0.2) is 13.6 Å². The van der Waals surface area contributed by atoms with Crippen molar-refractivity contribution >= 4 is 17.2 Å². The average molecular weight is 407 g/mol. The summed E-state index contributed by atoms with van der Waals surface area (Å²) in [4.78, 5) is 22.1. The number of rotatable bonds is 6. The van der Waals surface area contributed by atoms with Crippen molar-refractivity contribution in [2.45, 2.75) is 0 Å². The Labute approximate surface area is 170 Å². The maximum atomic E-state index is 13.7. The van der Waals surface area contributed by atoms with Gasteiger partial charge in [-0.3, -0.25) is 10.1 Å². The minimum absolute atomic E-state index is 0.122. The lowest BCUT2D eigenvalue weighted by molar-refractivity contribution is -0.384. The first-order chi connectivity index (χ1) is 14.4. The molecular formula is C23H15F2NO4. The fraction of sp³-hybridized carbons (Fsp3) is 0. The van der Waals surface area contributed by atoms with E-state index in [2.05, 4.69) is 0 Å². The Morgan fingerprint density at radius 3 is 1.97 bits per heavy atom. The number of hydrogen-bond acceptors (Lipinski definition) is 4. The van der Waals surface area contributed by atoms with Crippen molar-refractivity contribution in [2.24, 2.45) is 0 Å². The van der Waals surface area contributed by atoms with E-state index >= 15 is 0 Å². The normalized spacial score (nSPS) is 10.6. The Balaban J connectivity index is 1.81. The molecule has 3 aromatic carbocycles. The van der Waals surface area contributed by atoms with Gasteiger partial charge in [0.2, 0.25) is 0 Å². The maximum absolute atomic E-state index is 13.7. The summed E-state index contributed by atoms with van der Waals surface area (Å²) in [5, 5.41) is 10.6. The van der Waals surface area contributed by atoms with Crippen LogP contribution in [0.25, 0.3) is 5.57 Å². The van der Waals surface area contributed by atoms with Gasteiger partial charge in [0.05, 0.1) is 4.92 Å². The SMILES string of the molecule is O=C(C=CC=C(c1cccc(F)c1)c1cccc(F)c1)Oc1ccc([N+](=O)[O-])cc1. The van der Waals surface area contributed by atoms with Gasteiger partial charge in [-0.1, -0.05) is 36.4 Å². The molecule has 0 amide bonds. The Hall–Kier alpha value is -4.13. The Morgan fingerprint density at radius 1 is 0.900 bits per heavy atom. The van der Waals surface area contributed by atoms with Crippen LogP contribution in [0.2, 0.25) is 0 Å². The van der Waals surface area contributed by atoms with Gasteiger partial charge < -0.3 is 4.74 Å². The number of nitro benzene ring substituents is 1. The van der Waals surface area contributed by atoms with Gasteiger partial charge >= 0.3 is 5.97 Å². The number of carbonyl (C=O) groups is 1. The fourth-order valence-electron chi connectivity index (χ4n) is 2.68. The van der Waals surface area contributed by atoms with Crippen molar-refractivity contribution in [1.29, 1.82) is 0 Å². The first kappa shape index (κ1) is 20.6. The fourth-order valence-corrected chi connectivity index (χ4v) is 2.68. The first-order valence-corrected chi connectivity index (χ1v) is 8.79. The summed E-state index contributed by atoms with van der Waals surface area (Å²) in [5.74, 6) is -1.46. The second kappa shape index (κ2) is 9.38. The number of benzene rings is 3. The Kier molecular flexibility index (Phi) is 6.44. The smallest absolute Gasteiger partial charge is 0.336 e. The number of ether oxygens (including phenoxy) is 1. The van der Waals surface area contributed by atoms with Crippen LogP contribution >= 0.6 is 0 Å². The van der Waals surface area contributed by atoms with Gasteiger partial charge in [0, 0.05) is 18.2 Å². The number of nitrogens with zero attached hydrogens (tertiary/aromatic N) is 1. The summed E-state index contributed by atoms with van der Waals surface area (Å²) in [7, 11) is 0. The molecule has 0 bridgehead atoms. The van der Waals surface area contributed by atoms with Crippen LogP contribution in [0.15, 0.2) is 91.0 Å². The van der Waals surface area contributed by atoms with Gasteiger partial charge in [0.15, 0.2) is 0 Å². The van der Waals surface area contributed by atoms with Gasteiger partial charge in [-0.15, -0.1) is 0 Å². The summed E-state index contributed by atoms with van der Waals surface area (Å²) < 4.78 is 32.4. The van der Waals surface area contributed by atoms with Crippen LogP contribution in [0.4, 0.5) is 14.5 Å². The van der Waals surface area contributed by atoms with E-state index in [0.29, 0.717) is 16.7 Å². The lowest BCUT2D eigenvalue weighted by atomic mass is 9.97. The summed E-state index contributed by atoms with van der Waals surface area (Å²) in [6.45, 7) is 0. The zero-order valence-corrected chi connectivity index (χ0v) is 15.5. The highest BCUT2D eigenvalue weighted by molar-refractivity contribution is 5.86. The van der Waals surface area contributed by atoms with Crippen molar-refractivity contribution in [1.82, 2.24) is 0 Å². The van der Waals surface area contributed by atoms with E-state index in [9.17, 15) is 23.7 Å². The highest BCUT2D eigenvalue weighted by atomic mass is 19.1. The Morgan fingerprint density at radius 2 is 1.47 bits per heavy atom. The zero-order chi connectivity index (χ0) is 21.5. The number of carbonyl (C=O) groups excluding carboxylic acids is 1. The van der Waals surface area contributed by atoms with Crippen LogP contribution in [0.1, 0.15) is 11.1 Å². The molecule has 150 valence electrons. The third-order valence-electron chi connectivity index (χ3n) is 4.03. The van der Waals surface area contributed by atoms with E-state index in [0.717, 1.165) is 6.08 Å². The van der Waals surface area contributed by atoms with Crippen LogP contribution in [-0.4, -0.2) is 10.9 Å². The largest absolute Gasteiger partial charge is 0.423 e. The standard InChI is InChI=1S/C23H15F2NO4/c24-18-6-1-4-16(14-18)22(17-5-2-7-19(25)15-17)8-3-9-23(27)30-21-12-10-20(11-13-21)26(28)29/h1-15H. The molecule has 0 saturated heterocycles. The first-order valence-electron chi connectivity index (χ1n) is 8.79. The highest BCUT2D eigenvalue weighted by Gasteiger charge is 2.08. The molecule has 30 heavy (non-hydrogen) atoms. The highest BCUT2D eigenvalue weighted by Crippen LogP contribution is 2.25. The number of non-ortho nitro benzene ring substituents is 1. The molecule has 0 atom stereocenters. The number of esters is 1. The minimum Gasteiger partial charge on any atom is -0.423 e. The van der Waals surface area contributed by atoms with Crippen molar-refractivity contribution in [2.75, 3.05) is 0 Å². The number of allylic oxidation sites excluding steroid dienone is 2. The molecule has 0 unspecified atom stereocenters. The number of nitro groups is 1. The van der Waals surface area contributed by atoms with Crippen molar-refractivity contribution in [3.8, 4) is 5.75 Å². The summed E-state index contributed by atoms with van der Waals surface area (Å²) in [6.07, 6.45) is 4.08. The molecule has 7 heteroatoms. The predicted octanol–water partition coefficient (Wildman–Crippen LogP) is 5.47. The number of hydrogen-bond donors (Lipinski definition) is 0. The van der Waals surface area contributed by atoms with Crippen molar-refractivity contribution < 1.29 is 23.2 Å². The monoisotopic (exact) mass is 407 g/mol. The van der Waals surface area contributed by atoms with E-state index in [1.165, 1.54) is 66.7 Å². The van der Waals surface area contributed by atoms with Gasteiger partial charge in [0.1, 0.15) is 17.4 Å². The molecule has 3 rings (SSSR count). The minimum atomic E-state index is -0.710. The van der Waals surface area contributed by atoms with Crippen molar-refractivity contribution in [3.63, 3.8) is 0 Å². The van der Waals surface area contributed by atoms with Crippen LogP contribution in [-0.2, 0) is 4.79 Å². The van der Waals surface area contributed by atoms with Crippen molar-refractivity contribution in [3.05, 3.63) is 124 Å². The molecule has 0 heterocycles. The van der Waals surface area contributed by atoms with E-state index in [-0.39, 0.29) is 11.4 Å². The molecule has 0 aliphatic rings. The zero-order valence-electron chi connectivity index (χ0n) is 15.5. The van der Waals surface area contributed by atoms with Crippen LogP contribution in [0, 0.1) is 21.7 Å². The molecule has 0 aromatic heterocycles. The maximum Gasteiger partial charge on any atom is 0.336 e. The van der Waals surface area contributed by atoms with Gasteiger partial charge in [0.25, 0.3) is 5.69 Å². The predicted molar refractivity (Wildman–Crippen MR) is 108 cm³/mol. The number of halogens is 2. The molecule has 0 aliphatic carbocycles. The van der Waals surface area contributed by atoms with Crippen LogP contribution < -0.4 is 4.74 Å². The topological polar surface area (TPSA) is 69.4 Å². The van der Waals surface area contributed by atoms with E-state index < -0.39 is 22.5 Å². The molecular weight excluding hydrogens is 392 g/mol. The second-order valence-electron chi connectivity index (χ2n) is 6.13. The molecule has 0 radical (unpaired) electrons. The van der Waals surface area contributed by atoms with E-state index in [1.54, 1.807) is 18.2 Å². The summed E-state index contributed by atoms with van der Waals surface area (Å²) in [6, 6.07) is 16.7. The second-order valence-corrected chi connectivity index (χ2v) is 6.13. The third kappa shape index (κ3) is 5.45. The van der Waals surface area contributed by atoms with E-state index in [1.807, 2.05) is 0 Å². The molecule has 0 N–H and O–H groups in total. The molecule has 0 aliphatic heterocycles. The van der Waals surface area contributed by atoms with Crippen LogP contribution in [0.3, 0.4) is 0 Å². The third-order valence-corrected chi connectivity index (χ3v) is 4.03. The molecule has 0 saturated carbocycles. The lowest BCUT2D eigenvalue weighted by Crippen LogP contribution is -2.03. The van der Waals surface area contributed by atoms with E-state index in [4.69, 9.17) is 4.74 Å². The molecule has 3 aromatic rings. The molecule has 0 spiro atoms. The summed E-state index contributed by atoms with van der Waals surface area (Å²) in [5.41, 5.74) is 1.40. The Bertz CT molecular complexity index is 1090. The average Bonchev–Trinajstić information content (AvgIpc) is 2.71. The molecule has 5 nitrogen and oxygen atoms in total. The van der Waals surface area contributed by atoms with Gasteiger partial charge in [-0.05, 0) is 53.1 Å². The van der Waals surface area contributed by atoms with Crippen LogP contribution in [0.5, 0.6) is 5.75 Å². The molecule has 0 fully saturated rings. The quantitative estimate of drug-likeness (QED) is 0.136. The lowest BCUT2D eigenvalue weighted by Gasteiger charge is -2.08. The summed E-state index contributed by atoms with van der Waals surface area (Å²) >= 11 is 0.